The van der Waals surface area contributed by atoms with Gasteiger partial charge in [0.2, 0.25) is 0 Å². The second kappa shape index (κ2) is 6.39. The van der Waals surface area contributed by atoms with E-state index in [4.69, 9.17) is 10.2 Å². The van der Waals surface area contributed by atoms with E-state index in [-0.39, 0.29) is 36.0 Å². The van der Waals surface area contributed by atoms with Crippen molar-refractivity contribution in [1.29, 1.82) is 0 Å². The monoisotopic (exact) mass is 167 g/mol. The van der Waals surface area contributed by atoms with Crippen LogP contribution < -0.4 is 0 Å². The van der Waals surface area contributed by atoms with Gasteiger partial charge in [0.15, 0.2) is 5.92 Å². The van der Waals surface area contributed by atoms with E-state index in [0.717, 1.165) is 0 Å². The Balaban J connectivity index is 0. The minimum Gasteiger partial charge on any atom is -0.481 e. The maximum absolute atomic E-state index is 10.1. The van der Waals surface area contributed by atoms with Gasteiger partial charge in [-0.15, -0.1) is 6.58 Å². The van der Waals surface area contributed by atoms with Crippen molar-refractivity contribution in [3.63, 3.8) is 0 Å². The molecule has 0 spiro atoms. The summed E-state index contributed by atoms with van der Waals surface area (Å²) in [4.78, 5) is 20.2. The summed E-state index contributed by atoms with van der Waals surface area (Å²) in [6.07, 6.45) is 1.23. The molecule has 57 valence electrons. The molecular formula is C6H8NaO4. The fraction of sp³-hybridized carbons (Fsp3) is 0.333. The smallest absolute Gasteiger partial charge is 0.318 e. The van der Waals surface area contributed by atoms with E-state index in [2.05, 4.69) is 6.58 Å². The zero-order valence-electron chi connectivity index (χ0n) is 6.28. The van der Waals surface area contributed by atoms with Gasteiger partial charge >= 0.3 is 11.9 Å². The molecular weight excluding hydrogens is 159 g/mol. The number of rotatable bonds is 4. The molecule has 5 heteroatoms. The number of allylic oxidation sites excluding steroid dienone is 1. The average Bonchev–Trinajstić information content (AvgIpc) is 1.81. The van der Waals surface area contributed by atoms with Crippen LogP contribution in [0.2, 0.25) is 0 Å². The molecule has 0 aromatic rings. The van der Waals surface area contributed by atoms with Gasteiger partial charge in [-0.25, -0.2) is 0 Å². The van der Waals surface area contributed by atoms with Crippen LogP contribution in [-0.4, -0.2) is 51.7 Å². The predicted octanol–water partition coefficient (Wildman–Crippen LogP) is -0.0329. The number of aliphatic carboxylic acids is 2. The van der Waals surface area contributed by atoms with E-state index in [1.54, 1.807) is 0 Å². The Kier molecular flexibility index (Phi) is 7.72. The third kappa shape index (κ3) is 5.01. The first kappa shape index (κ1) is 13.3. The Labute approximate surface area is 86.2 Å². The molecule has 0 rings (SSSR count). The quantitative estimate of drug-likeness (QED) is 0.350. The van der Waals surface area contributed by atoms with E-state index < -0.39 is 17.9 Å². The van der Waals surface area contributed by atoms with Crippen molar-refractivity contribution in [1.82, 2.24) is 0 Å². The largest absolute Gasteiger partial charge is 0.481 e. The molecule has 0 amide bonds. The van der Waals surface area contributed by atoms with Crippen LogP contribution in [0, 0.1) is 5.92 Å². The van der Waals surface area contributed by atoms with Gasteiger partial charge in [0.05, 0.1) is 0 Å². The van der Waals surface area contributed by atoms with Crippen molar-refractivity contribution in [2.45, 2.75) is 6.42 Å². The van der Waals surface area contributed by atoms with Crippen LogP contribution in [0.5, 0.6) is 0 Å². The van der Waals surface area contributed by atoms with Crippen molar-refractivity contribution in [3.8, 4) is 0 Å². The zero-order valence-corrected chi connectivity index (χ0v) is 8.28. The molecule has 0 aliphatic rings. The minimum atomic E-state index is -1.35. The van der Waals surface area contributed by atoms with Crippen LogP contribution in [0.15, 0.2) is 12.7 Å². The van der Waals surface area contributed by atoms with Crippen LogP contribution in [0.4, 0.5) is 0 Å². The minimum absolute atomic E-state index is 0. The molecule has 0 saturated heterocycles. The molecule has 4 nitrogen and oxygen atoms in total. The van der Waals surface area contributed by atoms with Crippen molar-refractivity contribution in [3.05, 3.63) is 12.7 Å². The summed E-state index contributed by atoms with van der Waals surface area (Å²) in [5, 5.41) is 16.5. The Morgan fingerprint density at radius 1 is 1.36 bits per heavy atom. The Bertz CT molecular complexity index is 152. The van der Waals surface area contributed by atoms with Gasteiger partial charge in [-0.1, -0.05) is 6.08 Å². The number of hydrogen-bond acceptors (Lipinski definition) is 2. The number of carbonyl (C=O) groups is 2. The summed E-state index contributed by atoms with van der Waals surface area (Å²) < 4.78 is 0. The first-order chi connectivity index (χ1) is 4.59. The number of carboxylic acids is 2. The summed E-state index contributed by atoms with van der Waals surface area (Å²) in [6.45, 7) is 3.24. The van der Waals surface area contributed by atoms with Crippen molar-refractivity contribution in [2.24, 2.45) is 5.92 Å². The summed E-state index contributed by atoms with van der Waals surface area (Å²) >= 11 is 0. The van der Waals surface area contributed by atoms with E-state index in [9.17, 15) is 9.59 Å². The summed E-state index contributed by atoms with van der Waals surface area (Å²) in [7, 11) is 0. The van der Waals surface area contributed by atoms with E-state index >= 15 is 0 Å². The standard InChI is InChI=1S/C6H8O4.Na/c1-2-3-4(5(7)8)6(9)10;/h2,4H,1,3H2,(H,7,8)(H,9,10);. The van der Waals surface area contributed by atoms with E-state index in [1.807, 2.05) is 0 Å². The van der Waals surface area contributed by atoms with Crippen molar-refractivity contribution >= 4 is 41.5 Å². The third-order valence-electron chi connectivity index (χ3n) is 0.999. The first-order valence-corrected chi connectivity index (χ1v) is 2.66. The van der Waals surface area contributed by atoms with Gasteiger partial charge < -0.3 is 10.2 Å². The number of hydrogen-bond donors (Lipinski definition) is 2. The number of carboxylic acid groups (broad SMARTS) is 2. The molecule has 2 N–H and O–H groups in total. The molecule has 0 bridgehead atoms. The molecule has 0 aliphatic carbocycles. The fourth-order valence-corrected chi connectivity index (χ4v) is 0.474. The maximum Gasteiger partial charge on any atom is 0.318 e. The van der Waals surface area contributed by atoms with Crippen molar-refractivity contribution in [2.75, 3.05) is 0 Å². The molecule has 0 aliphatic heterocycles. The Morgan fingerprint density at radius 3 is 1.82 bits per heavy atom. The molecule has 0 heterocycles. The van der Waals surface area contributed by atoms with Crippen LogP contribution in [0.25, 0.3) is 0 Å². The van der Waals surface area contributed by atoms with Gasteiger partial charge in [-0.2, -0.15) is 0 Å². The van der Waals surface area contributed by atoms with Crippen LogP contribution in [-0.2, 0) is 9.59 Å². The molecule has 0 fully saturated rings. The topological polar surface area (TPSA) is 74.6 Å². The molecule has 0 saturated carbocycles. The van der Waals surface area contributed by atoms with Gasteiger partial charge in [0.1, 0.15) is 0 Å². The fourth-order valence-electron chi connectivity index (χ4n) is 0.474. The van der Waals surface area contributed by atoms with Crippen LogP contribution >= 0.6 is 0 Å². The maximum atomic E-state index is 10.1. The normalized spacial score (nSPS) is 8.45. The summed E-state index contributed by atoms with van der Waals surface area (Å²) in [5.74, 6) is -4.00. The van der Waals surface area contributed by atoms with Crippen LogP contribution in [0.3, 0.4) is 0 Å². The second-order valence-corrected chi connectivity index (χ2v) is 1.75. The Morgan fingerprint density at radius 2 is 1.73 bits per heavy atom. The molecule has 0 unspecified atom stereocenters. The van der Waals surface area contributed by atoms with Gasteiger partial charge in [0.25, 0.3) is 0 Å². The van der Waals surface area contributed by atoms with E-state index in [1.165, 1.54) is 6.08 Å². The Hall–Kier alpha value is -0.320. The third-order valence-corrected chi connectivity index (χ3v) is 0.999. The van der Waals surface area contributed by atoms with Gasteiger partial charge in [-0.3, -0.25) is 9.59 Å². The molecule has 11 heavy (non-hydrogen) atoms. The molecule has 1 radical (unpaired) electrons. The molecule has 0 aromatic carbocycles. The van der Waals surface area contributed by atoms with E-state index in [0.29, 0.717) is 0 Å². The summed E-state index contributed by atoms with van der Waals surface area (Å²) in [5.41, 5.74) is 0. The molecule has 0 aromatic heterocycles. The second-order valence-electron chi connectivity index (χ2n) is 1.75. The predicted molar refractivity (Wildman–Crippen MR) is 39.3 cm³/mol. The molecule has 0 atom stereocenters. The van der Waals surface area contributed by atoms with Crippen LogP contribution in [0.1, 0.15) is 6.42 Å². The van der Waals surface area contributed by atoms with Gasteiger partial charge in [-0.05, 0) is 6.42 Å². The van der Waals surface area contributed by atoms with Gasteiger partial charge in [0, 0.05) is 29.6 Å². The zero-order chi connectivity index (χ0) is 8.15. The first-order valence-electron chi connectivity index (χ1n) is 2.66. The summed E-state index contributed by atoms with van der Waals surface area (Å²) in [6, 6.07) is 0. The average molecular weight is 167 g/mol. The SMILES string of the molecule is C=CCC(C(=O)O)C(=O)O.[Na]. The van der Waals surface area contributed by atoms with Crippen molar-refractivity contribution < 1.29 is 19.8 Å².